The number of benzene rings is 1. The minimum atomic E-state index is -0.971. The van der Waals surface area contributed by atoms with Crippen LogP contribution in [0.4, 0.5) is 0 Å². The number of carboxylic acids is 1. The molecule has 88 valence electrons. The number of halogens is 2. The molecule has 4 nitrogen and oxygen atoms in total. The van der Waals surface area contributed by atoms with Crippen molar-refractivity contribution in [2.45, 2.75) is 6.42 Å². The Labute approximate surface area is 107 Å². The van der Waals surface area contributed by atoms with E-state index in [-0.39, 0.29) is 6.42 Å². The number of rotatable bonds is 3. The molecule has 1 aromatic carbocycles. The lowest BCUT2D eigenvalue weighted by atomic mass is 10.1. The Bertz CT molecular complexity index is 566. The monoisotopic (exact) mass is 271 g/mol. The van der Waals surface area contributed by atoms with Gasteiger partial charge in [-0.1, -0.05) is 34.4 Å². The van der Waals surface area contributed by atoms with Gasteiger partial charge in [-0.25, -0.2) is 0 Å². The molecule has 0 bridgehead atoms. The number of hydrogen-bond acceptors (Lipinski definition) is 3. The van der Waals surface area contributed by atoms with Crippen LogP contribution >= 0.6 is 23.2 Å². The number of nitrogens with zero attached hydrogens (tertiary/aromatic N) is 1. The van der Waals surface area contributed by atoms with E-state index in [0.29, 0.717) is 21.5 Å². The first kappa shape index (κ1) is 12.0. The van der Waals surface area contributed by atoms with E-state index < -0.39 is 5.97 Å². The van der Waals surface area contributed by atoms with Crippen molar-refractivity contribution >= 4 is 29.2 Å². The molecule has 2 rings (SSSR count). The van der Waals surface area contributed by atoms with Crippen LogP contribution in [0.25, 0.3) is 11.3 Å². The molecule has 0 radical (unpaired) electrons. The molecule has 2 aromatic rings. The highest BCUT2D eigenvalue weighted by Gasteiger charge is 2.10. The lowest BCUT2D eigenvalue weighted by Crippen LogP contribution is -1.97. The van der Waals surface area contributed by atoms with Gasteiger partial charge in [-0.15, -0.1) is 0 Å². The molecule has 0 saturated heterocycles. The SMILES string of the molecule is O=C(O)Cc1cc(-c2ccc(Cl)c(Cl)c2)no1. The maximum atomic E-state index is 10.5. The van der Waals surface area contributed by atoms with Crippen LogP contribution in [-0.4, -0.2) is 16.2 Å². The quantitative estimate of drug-likeness (QED) is 0.931. The molecule has 1 aromatic heterocycles. The second-order valence-corrected chi connectivity index (χ2v) is 4.19. The Balaban J connectivity index is 2.30. The van der Waals surface area contributed by atoms with Gasteiger partial charge in [0.05, 0.1) is 10.0 Å². The third-order valence-corrected chi connectivity index (χ3v) is 2.84. The van der Waals surface area contributed by atoms with Gasteiger partial charge in [-0.05, 0) is 12.1 Å². The van der Waals surface area contributed by atoms with Crippen molar-refractivity contribution in [2.75, 3.05) is 0 Å². The van der Waals surface area contributed by atoms with Crippen molar-refractivity contribution < 1.29 is 14.4 Å². The summed E-state index contributed by atoms with van der Waals surface area (Å²) in [6.45, 7) is 0. The fourth-order valence-electron chi connectivity index (χ4n) is 1.34. The Morgan fingerprint density at radius 3 is 2.71 bits per heavy atom. The molecular weight excluding hydrogens is 265 g/mol. The standard InChI is InChI=1S/C11H7Cl2NO3/c12-8-2-1-6(3-9(8)13)10-4-7(17-14-10)5-11(15)16/h1-4H,5H2,(H,15,16). The average Bonchev–Trinajstić information content (AvgIpc) is 2.69. The summed E-state index contributed by atoms with van der Waals surface area (Å²) < 4.78 is 4.89. The molecule has 0 spiro atoms. The van der Waals surface area contributed by atoms with Crippen LogP contribution in [0.15, 0.2) is 28.8 Å². The van der Waals surface area contributed by atoms with E-state index in [4.69, 9.17) is 32.8 Å². The minimum absolute atomic E-state index is 0.200. The van der Waals surface area contributed by atoms with Crippen molar-refractivity contribution in [2.24, 2.45) is 0 Å². The van der Waals surface area contributed by atoms with E-state index in [1.807, 2.05) is 0 Å². The van der Waals surface area contributed by atoms with Crippen LogP contribution in [0.2, 0.25) is 10.0 Å². The molecule has 0 saturated carbocycles. The van der Waals surface area contributed by atoms with Gasteiger partial charge in [-0.3, -0.25) is 4.79 Å². The Morgan fingerprint density at radius 2 is 2.06 bits per heavy atom. The number of carboxylic acid groups (broad SMARTS) is 1. The Hall–Kier alpha value is -1.52. The Morgan fingerprint density at radius 1 is 1.29 bits per heavy atom. The molecule has 1 heterocycles. The first-order chi connectivity index (χ1) is 8.06. The fraction of sp³-hybridized carbons (Fsp3) is 0.0909. The molecule has 6 heteroatoms. The third kappa shape index (κ3) is 2.78. The number of aliphatic carboxylic acids is 1. The lowest BCUT2D eigenvalue weighted by molar-refractivity contribution is -0.136. The van der Waals surface area contributed by atoms with Gasteiger partial charge in [0.15, 0.2) is 0 Å². The largest absolute Gasteiger partial charge is 0.481 e. The maximum Gasteiger partial charge on any atom is 0.311 e. The van der Waals surface area contributed by atoms with Crippen molar-refractivity contribution in [3.63, 3.8) is 0 Å². The predicted molar refractivity (Wildman–Crippen MR) is 63.3 cm³/mol. The molecule has 0 aliphatic rings. The fourth-order valence-corrected chi connectivity index (χ4v) is 1.63. The molecule has 0 unspecified atom stereocenters. The van der Waals surface area contributed by atoms with Gasteiger partial charge in [0.25, 0.3) is 0 Å². The van der Waals surface area contributed by atoms with E-state index in [1.165, 1.54) is 0 Å². The third-order valence-electron chi connectivity index (χ3n) is 2.10. The lowest BCUT2D eigenvalue weighted by Gasteiger charge is -1.98. The van der Waals surface area contributed by atoms with Gasteiger partial charge < -0.3 is 9.63 Å². The van der Waals surface area contributed by atoms with E-state index in [9.17, 15) is 4.79 Å². The zero-order valence-electron chi connectivity index (χ0n) is 8.48. The molecule has 0 atom stereocenters. The minimum Gasteiger partial charge on any atom is -0.481 e. The smallest absolute Gasteiger partial charge is 0.311 e. The highest BCUT2D eigenvalue weighted by Crippen LogP contribution is 2.28. The first-order valence-corrected chi connectivity index (χ1v) is 5.44. The summed E-state index contributed by atoms with van der Waals surface area (Å²) in [5.41, 5.74) is 1.25. The average molecular weight is 272 g/mol. The van der Waals surface area contributed by atoms with Crippen molar-refractivity contribution in [1.82, 2.24) is 5.16 Å². The van der Waals surface area contributed by atoms with E-state index in [2.05, 4.69) is 5.16 Å². The zero-order valence-corrected chi connectivity index (χ0v) is 10.00. The second kappa shape index (κ2) is 4.77. The molecule has 17 heavy (non-hydrogen) atoms. The molecule has 0 amide bonds. The van der Waals surface area contributed by atoms with Gasteiger partial charge in [0.1, 0.15) is 17.9 Å². The van der Waals surface area contributed by atoms with Gasteiger partial charge in [-0.2, -0.15) is 0 Å². The Kier molecular flexibility index (Phi) is 3.36. The van der Waals surface area contributed by atoms with E-state index in [0.717, 1.165) is 5.56 Å². The summed E-state index contributed by atoms with van der Waals surface area (Å²) in [4.78, 5) is 10.5. The number of carbonyl (C=O) groups is 1. The summed E-state index contributed by atoms with van der Waals surface area (Å²) in [6.07, 6.45) is -0.200. The summed E-state index contributed by atoms with van der Waals surface area (Å²) in [7, 11) is 0. The van der Waals surface area contributed by atoms with Crippen LogP contribution in [0.3, 0.4) is 0 Å². The van der Waals surface area contributed by atoms with Crippen LogP contribution in [0, 0.1) is 0 Å². The molecule has 1 N–H and O–H groups in total. The highest BCUT2D eigenvalue weighted by atomic mass is 35.5. The first-order valence-electron chi connectivity index (χ1n) is 4.69. The molecular formula is C11H7Cl2NO3. The van der Waals surface area contributed by atoms with E-state index in [1.54, 1.807) is 24.3 Å². The van der Waals surface area contributed by atoms with Crippen LogP contribution in [0.1, 0.15) is 5.76 Å². The van der Waals surface area contributed by atoms with Crippen molar-refractivity contribution in [1.29, 1.82) is 0 Å². The van der Waals surface area contributed by atoms with Gasteiger partial charge >= 0.3 is 5.97 Å². The van der Waals surface area contributed by atoms with Crippen molar-refractivity contribution in [3.8, 4) is 11.3 Å². The molecule has 0 fully saturated rings. The predicted octanol–water partition coefficient (Wildman–Crippen LogP) is 3.28. The normalized spacial score (nSPS) is 10.5. The maximum absolute atomic E-state index is 10.5. The molecule has 0 aliphatic carbocycles. The molecule has 0 aliphatic heterocycles. The second-order valence-electron chi connectivity index (χ2n) is 3.38. The highest BCUT2D eigenvalue weighted by molar-refractivity contribution is 6.42. The van der Waals surface area contributed by atoms with Crippen LogP contribution in [-0.2, 0) is 11.2 Å². The number of hydrogen-bond donors (Lipinski definition) is 1. The number of aromatic nitrogens is 1. The topological polar surface area (TPSA) is 63.3 Å². The summed E-state index contributed by atoms with van der Waals surface area (Å²) in [5, 5.41) is 13.2. The van der Waals surface area contributed by atoms with Gasteiger partial charge in [0.2, 0.25) is 0 Å². The van der Waals surface area contributed by atoms with Crippen LogP contribution < -0.4 is 0 Å². The van der Waals surface area contributed by atoms with E-state index >= 15 is 0 Å². The summed E-state index contributed by atoms with van der Waals surface area (Å²) in [6, 6.07) is 6.58. The van der Waals surface area contributed by atoms with Crippen LogP contribution in [0.5, 0.6) is 0 Å². The summed E-state index contributed by atoms with van der Waals surface area (Å²) in [5.74, 6) is -0.680. The van der Waals surface area contributed by atoms with Gasteiger partial charge in [0, 0.05) is 11.6 Å². The zero-order chi connectivity index (χ0) is 12.4. The summed E-state index contributed by atoms with van der Waals surface area (Å²) >= 11 is 11.7. The van der Waals surface area contributed by atoms with Crippen molar-refractivity contribution in [3.05, 3.63) is 40.1 Å².